The van der Waals surface area contributed by atoms with Gasteiger partial charge in [-0.05, 0) is 99.7 Å². The summed E-state index contributed by atoms with van der Waals surface area (Å²) in [6.45, 7) is 6.67. The number of aliphatic hydroxyl groups excluding tert-OH is 1. The van der Waals surface area contributed by atoms with Gasteiger partial charge in [0.25, 0.3) is 0 Å². The summed E-state index contributed by atoms with van der Waals surface area (Å²) in [6.07, 6.45) is 6.20. The van der Waals surface area contributed by atoms with Gasteiger partial charge < -0.3 is 40.3 Å². The van der Waals surface area contributed by atoms with Gasteiger partial charge in [0.05, 0.1) is 55.5 Å². The van der Waals surface area contributed by atoms with Gasteiger partial charge in [-0.2, -0.15) is 13.2 Å². The molecule has 1 aromatic carbocycles. The largest absolute Gasteiger partial charge is 0.416 e. The first-order chi connectivity index (χ1) is 30.0. The highest BCUT2D eigenvalue weighted by molar-refractivity contribution is 5.90. The van der Waals surface area contributed by atoms with Crippen molar-refractivity contribution in [3.05, 3.63) is 60.2 Å². The van der Waals surface area contributed by atoms with Crippen LogP contribution in [0.1, 0.15) is 68.5 Å². The molecule has 1 saturated carbocycles. The first-order valence-electron chi connectivity index (χ1n) is 22.1. The number of fused-ring (bicyclic) bond motifs is 1. The van der Waals surface area contributed by atoms with E-state index >= 15 is 0 Å². The van der Waals surface area contributed by atoms with Gasteiger partial charge in [-0.15, -0.1) is 0 Å². The Kier molecular flexibility index (Phi) is 15.6. The molecule has 3 aliphatic heterocycles. The second-order valence-corrected chi connectivity index (χ2v) is 17.1. The number of pyridine rings is 1. The predicted octanol–water partition coefficient (Wildman–Crippen LogP) is 3.85. The molecule has 3 aromatic rings. The fraction of sp³-hybridized carbons (Fsp3) is 0.636. The molecule has 3 saturated heterocycles. The number of aliphatic hydroxyl groups is 1. The Morgan fingerprint density at radius 3 is 2.35 bits per heavy atom. The number of likely N-dealkylation sites (tertiary alicyclic amines) is 3. The quantitative estimate of drug-likeness (QED) is 0.136. The number of benzene rings is 1. The molecule has 1 unspecified atom stereocenters. The summed E-state index contributed by atoms with van der Waals surface area (Å²) in [4.78, 5) is 56.7. The molecule has 0 radical (unpaired) electrons. The van der Waals surface area contributed by atoms with Crippen LogP contribution in [0.25, 0.3) is 10.9 Å². The van der Waals surface area contributed by atoms with E-state index in [9.17, 15) is 32.7 Å². The van der Waals surface area contributed by atoms with E-state index in [4.69, 9.17) is 9.47 Å². The molecule has 18 heteroatoms. The van der Waals surface area contributed by atoms with Crippen LogP contribution in [0.5, 0.6) is 0 Å². The van der Waals surface area contributed by atoms with Crippen LogP contribution in [-0.2, 0) is 30.0 Å². The Morgan fingerprint density at radius 1 is 0.871 bits per heavy atom. The van der Waals surface area contributed by atoms with Crippen LogP contribution in [0.3, 0.4) is 0 Å². The number of anilines is 1. The highest BCUT2D eigenvalue weighted by Crippen LogP contribution is 2.39. The third-order valence-electron chi connectivity index (χ3n) is 13.3. The number of aromatic nitrogens is 3. The zero-order chi connectivity index (χ0) is 43.6. The molecule has 4 aliphatic rings. The molecule has 3 amide bonds. The zero-order valence-corrected chi connectivity index (χ0v) is 35.4. The Morgan fingerprint density at radius 2 is 1.61 bits per heavy atom. The van der Waals surface area contributed by atoms with Crippen molar-refractivity contribution < 1.29 is 42.1 Å². The molecule has 7 rings (SSSR count). The number of ether oxygens (including phenoxy) is 2. The number of carbonyl (C=O) groups excluding carboxylic acids is 3. The number of alkyl halides is 3. The molecule has 4 atom stereocenters. The molecular formula is C44H60F3N9O6. The summed E-state index contributed by atoms with van der Waals surface area (Å²) in [5.74, 6) is 0.928. The van der Waals surface area contributed by atoms with E-state index in [-0.39, 0.29) is 47.3 Å². The maximum Gasteiger partial charge on any atom is 0.416 e. The van der Waals surface area contributed by atoms with Crippen molar-refractivity contribution in [1.29, 1.82) is 0 Å². The van der Waals surface area contributed by atoms with Gasteiger partial charge >= 0.3 is 6.18 Å². The smallest absolute Gasteiger partial charge is 0.378 e. The lowest BCUT2D eigenvalue weighted by Gasteiger charge is -2.39. The molecule has 4 fully saturated rings. The summed E-state index contributed by atoms with van der Waals surface area (Å²) in [6, 6.07) is 6.27. The van der Waals surface area contributed by atoms with Crippen molar-refractivity contribution >= 4 is 34.4 Å². The lowest BCUT2D eigenvalue weighted by atomic mass is 9.72. The van der Waals surface area contributed by atoms with Gasteiger partial charge in [-0.1, -0.05) is 6.07 Å². The fourth-order valence-electron chi connectivity index (χ4n) is 9.73. The maximum atomic E-state index is 13.4. The van der Waals surface area contributed by atoms with Crippen LogP contribution in [0, 0.1) is 23.7 Å². The van der Waals surface area contributed by atoms with E-state index in [1.807, 2.05) is 17.0 Å². The van der Waals surface area contributed by atoms with E-state index in [0.29, 0.717) is 76.4 Å². The number of hydrogen-bond donors (Lipinski definition) is 4. The summed E-state index contributed by atoms with van der Waals surface area (Å²) in [5, 5.41) is 20.4. The first kappa shape index (κ1) is 45.5. The van der Waals surface area contributed by atoms with Gasteiger partial charge in [-0.3, -0.25) is 24.3 Å². The van der Waals surface area contributed by atoms with Gasteiger partial charge in [0.15, 0.2) is 0 Å². The number of nitrogens with zero attached hydrogens (tertiary/aromatic N) is 6. The van der Waals surface area contributed by atoms with Crippen molar-refractivity contribution in [1.82, 2.24) is 40.3 Å². The van der Waals surface area contributed by atoms with Crippen LogP contribution in [0.15, 0.2) is 49.1 Å². The molecule has 5 heterocycles. The molecule has 1 aliphatic carbocycles. The van der Waals surface area contributed by atoms with Gasteiger partial charge in [0, 0.05) is 69.9 Å². The first-order valence-corrected chi connectivity index (χ1v) is 22.1. The van der Waals surface area contributed by atoms with E-state index in [1.54, 1.807) is 24.3 Å². The summed E-state index contributed by atoms with van der Waals surface area (Å²) < 4.78 is 51.6. The molecule has 2 aromatic heterocycles. The highest BCUT2D eigenvalue weighted by atomic mass is 19.4. The summed E-state index contributed by atoms with van der Waals surface area (Å²) in [5.41, 5.74) is 0.438. The Balaban J connectivity index is 0.706. The monoisotopic (exact) mass is 867 g/mol. The SMILES string of the molecule is CN1C(=O)C[C@H](C(=O)NCCOCCOCCN2CCC([C@H]3CC[C@H](C(=O)NCCN4CC[C@H](Nc5ncnc6ccc(C(F)(F)F)cc56)C4O)CC3)CC2)[C@H]1c1cccnc1. The normalized spacial score (nSPS) is 25.4. The average Bonchev–Trinajstić information content (AvgIpc) is 3.78. The lowest BCUT2D eigenvalue weighted by Crippen LogP contribution is -2.43. The number of nitrogens with one attached hydrogen (secondary N) is 3. The van der Waals surface area contributed by atoms with Crippen LogP contribution in [-0.4, -0.2) is 144 Å². The molecule has 4 N–H and O–H groups in total. The second kappa shape index (κ2) is 21.3. The van der Waals surface area contributed by atoms with E-state index in [0.717, 1.165) is 75.9 Å². The van der Waals surface area contributed by atoms with Crippen LogP contribution in [0.2, 0.25) is 0 Å². The topological polar surface area (TPSA) is 174 Å². The number of carbonyl (C=O) groups is 3. The highest BCUT2D eigenvalue weighted by Gasteiger charge is 2.43. The second-order valence-electron chi connectivity index (χ2n) is 17.1. The van der Waals surface area contributed by atoms with Crippen LogP contribution >= 0.6 is 0 Å². The van der Waals surface area contributed by atoms with E-state index < -0.39 is 29.9 Å². The van der Waals surface area contributed by atoms with Crippen molar-refractivity contribution in [2.24, 2.45) is 23.7 Å². The van der Waals surface area contributed by atoms with Crippen molar-refractivity contribution in [2.45, 2.75) is 75.9 Å². The number of piperidine rings is 1. The molecule has 338 valence electrons. The Labute approximate surface area is 360 Å². The summed E-state index contributed by atoms with van der Waals surface area (Å²) >= 11 is 0. The van der Waals surface area contributed by atoms with E-state index in [1.165, 1.54) is 12.4 Å². The molecule has 15 nitrogen and oxygen atoms in total. The van der Waals surface area contributed by atoms with Gasteiger partial charge in [0.1, 0.15) is 18.4 Å². The molecule has 0 bridgehead atoms. The zero-order valence-electron chi connectivity index (χ0n) is 35.4. The average molecular weight is 868 g/mol. The van der Waals surface area contributed by atoms with E-state index in [2.05, 4.69) is 35.8 Å². The predicted molar refractivity (Wildman–Crippen MR) is 224 cm³/mol. The lowest BCUT2D eigenvalue weighted by molar-refractivity contribution is -0.137. The fourth-order valence-corrected chi connectivity index (χ4v) is 9.73. The number of rotatable bonds is 18. The van der Waals surface area contributed by atoms with Gasteiger partial charge in [-0.25, -0.2) is 9.97 Å². The van der Waals surface area contributed by atoms with Crippen LogP contribution < -0.4 is 16.0 Å². The van der Waals surface area contributed by atoms with Crippen molar-refractivity contribution in [3.63, 3.8) is 0 Å². The third kappa shape index (κ3) is 11.5. The van der Waals surface area contributed by atoms with Gasteiger partial charge in [0.2, 0.25) is 17.7 Å². The Bertz CT molecular complexity index is 1950. The minimum Gasteiger partial charge on any atom is -0.378 e. The molecule has 0 spiro atoms. The number of amides is 3. The molecular weight excluding hydrogens is 808 g/mol. The summed E-state index contributed by atoms with van der Waals surface area (Å²) in [7, 11) is 1.72. The molecule has 62 heavy (non-hydrogen) atoms. The minimum atomic E-state index is -4.50. The van der Waals surface area contributed by atoms with Crippen molar-refractivity contribution in [3.8, 4) is 0 Å². The Hall–Kier alpha value is -4.49. The standard InChI is InChI=1S/C44H60F3N9O6/c1-54-38(57)26-35(39(54)32-3-2-13-48-27-32)42(59)50-15-21-61-23-24-62-22-20-55-16-10-30(11-17-55)29-4-6-31(7-5-29)41(58)49-14-19-56-18-12-37(43(56)60)53-40-34-25-33(44(45,46)47)8-9-36(34)51-28-52-40/h2-3,8-9,13,25,27-31,35,37,39,43,60H,4-7,10-12,14-24,26H2,1H3,(H,49,58)(H,50,59)(H,51,52,53)/t29-,31-,35-,37-,39+,43?/m0/s1. The third-order valence-corrected chi connectivity index (χ3v) is 13.3. The number of halogens is 3. The minimum absolute atomic E-state index is 0.00595. The maximum absolute atomic E-state index is 13.4. The van der Waals surface area contributed by atoms with Crippen LogP contribution in [0.4, 0.5) is 19.0 Å². The van der Waals surface area contributed by atoms with Crippen molar-refractivity contribution in [2.75, 3.05) is 84.6 Å². The number of hydrogen-bond acceptors (Lipinski definition) is 12.